The third-order valence-corrected chi connectivity index (χ3v) is 4.32. The first-order valence-electron chi connectivity index (χ1n) is 8.20. The lowest BCUT2D eigenvalue weighted by Crippen LogP contribution is -2.35. The van der Waals surface area contributed by atoms with Crippen molar-refractivity contribution in [1.29, 1.82) is 0 Å². The molecule has 0 aromatic heterocycles. The molecule has 3 rings (SSSR count). The zero-order valence-electron chi connectivity index (χ0n) is 13.3. The van der Waals surface area contributed by atoms with Crippen LogP contribution in [0, 0.1) is 0 Å². The lowest BCUT2D eigenvalue weighted by atomic mass is 10.1. The van der Waals surface area contributed by atoms with Crippen LogP contribution in [0.25, 0.3) is 0 Å². The Balaban J connectivity index is 1.51. The van der Waals surface area contributed by atoms with Crippen LogP contribution >= 0.6 is 0 Å². The van der Waals surface area contributed by atoms with E-state index in [9.17, 15) is 10.2 Å². The Morgan fingerprint density at radius 3 is 2.43 bits per heavy atom. The summed E-state index contributed by atoms with van der Waals surface area (Å²) in [7, 11) is 0. The van der Waals surface area contributed by atoms with Crippen LogP contribution in [0.2, 0.25) is 0 Å². The molecule has 122 valence electrons. The van der Waals surface area contributed by atoms with E-state index in [4.69, 9.17) is 0 Å². The number of hydrogen-bond acceptors (Lipinski definition) is 4. The highest BCUT2D eigenvalue weighted by Gasteiger charge is 2.16. The molecular weight excluding hydrogens is 288 g/mol. The molecule has 4 nitrogen and oxygen atoms in total. The Morgan fingerprint density at radius 1 is 1.00 bits per heavy atom. The van der Waals surface area contributed by atoms with Gasteiger partial charge >= 0.3 is 0 Å². The van der Waals surface area contributed by atoms with Crippen LogP contribution in [0.1, 0.15) is 24.0 Å². The third kappa shape index (κ3) is 4.71. The fourth-order valence-corrected chi connectivity index (χ4v) is 2.93. The van der Waals surface area contributed by atoms with Gasteiger partial charge in [0.2, 0.25) is 0 Å². The largest absolute Gasteiger partial charge is 0.508 e. The summed E-state index contributed by atoms with van der Waals surface area (Å²) < 4.78 is 0. The number of likely N-dealkylation sites (tertiary alicyclic amines) is 1. The van der Waals surface area contributed by atoms with Gasteiger partial charge in [-0.1, -0.05) is 24.3 Å². The molecule has 0 radical (unpaired) electrons. The Bertz CT molecular complexity index is 620. The predicted octanol–water partition coefficient (Wildman–Crippen LogP) is 2.96. The molecule has 0 saturated carbocycles. The molecule has 0 amide bonds. The van der Waals surface area contributed by atoms with Crippen LogP contribution in [0.3, 0.4) is 0 Å². The average molecular weight is 312 g/mol. The molecule has 1 aliphatic heterocycles. The normalized spacial score (nSPS) is 16.4. The number of nitrogens with zero attached hydrogens (tertiary/aromatic N) is 1. The first-order chi connectivity index (χ1) is 11.2. The van der Waals surface area contributed by atoms with Gasteiger partial charge in [-0.25, -0.2) is 0 Å². The quantitative estimate of drug-likeness (QED) is 0.794. The summed E-state index contributed by atoms with van der Waals surface area (Å²) in [6.45, 7) is 3.58. The van der Waals surface area contributed by atoms with E-state index in [1.54, 1.807) is 12.1 Å². The van der Waals surface area contributed by atoms with Crippen molar-refractivity contribution in [2.45, 2.75) is 32.0 Å². The van der Waals surface area contributed by atoms with E-state index in [0.29, 0.717) is 12.3 Å². The second-order valence-electron chi connectivity index (χ2n) is 6.23. The zero-order valence-corrected chi connectivity index (χ0v) is 13.3. The predicted molar refractivity (Wildman–Crippen MR) is 92.4 cm³/mol. The lowest BCUT2D eigenvalue weighted by molar-refractivity contribution is 0.0792. The first kappa shape index (κ1) is 15.8. The molecule has 0 bridgehead atoms. The van der Waals surface area contributed by atoms with Crippen LogP contribution in [-0.4, -0.2) is 34.3 Å². The number of nitrogens with one attached hydrogen (secondary N) is 1. The molecule has 4 heteroatoms. The van der Waals surface area contributed by atoms with Crippen molar-refractivity contribution >= 4 is 5.69 Å². The fraction of sp³-hybridized carbons (Fsp3) is 0.368. The number of phenolic OH excluding ortho intramolecular Hbond substituents is 1. The number of benzene rings is 2. The molecule has 0 spiro atoms. The summed E-state index contributed by atoms with van der Waals surface area (Å²) in [6.07, 6.45) is 1.64. The molecule has 23 heavy (non-hydrogen) atoms. The minimum Gasteiger partial charge on any atom is -0.508 e. The van der Waals surface area contributed by atoms with Crippen molar-refractivity contribution in [2.75, 3.05) is 18.4 Å². The van der Waals surface area contributed by atoms with E-state index < -0.39 is 0 Å². The van der Waals surface area contributed by atoms with Gasteiger partial charge < -0.3 is 15.5 Å². The summed E-state index contributed by atoms with van der Waals surface area (Å²) in [4.78, 5) is 2.39. The SMILES string of the molecule is Oc1cccc(CNc2ccc(CN3CCC(O)CC3)cc2)c1. The van der Waals surface area contributed by atoms with Gasteiger partial charge in [-0.15, -0.1) is 0 Å². The maximum absolute atomic E-state index is 9.55. The Hall–Kier alpha value is -2.04. The first-order valence-corrected chi connectivity index (χ1v) is 8.20. The van der Waals surface area contributed by atoms with Gasteiger partial charge in [-0.05, 0) is 48.2 Å². The lowest BCUT2D eigenvalue weighted by Gasteiger charge is -2.29. The van der Waals surface area contributed by atoms with Gasteiger partial charge in [-0.3, -0.25) is 4.90 Å². The maximum atomic E-state index is 9.55. The van der Waals surface area contributed by atoms with Crippen molar-refractivity contribution < 1.29 is 10.2 Å². The van der Waals surface area contributed by atoms with E-state index in [0.717, 1.165) is 43.7 Å². The van der Waals surface area contributed by atoms with Crippen molar-refractivity contribution in [3.63, 3.8) is 0 Å². The molecule has 1 aliphatic rings. The highest BCUT2D eigenvalue weighted by atomic mass is 16.3. The molecule has 0 unspecified atom stereocenters. The van der Waals surface area contributed by atoms with Gasteiger partial charge in [-0.2, -0.15) is 0 Å². The van der Waals surface area contributed by atoms with Gasteiger partial charge in [0.25, 0.3) is 0 Å². The molecule has 0 atom stereocenters. The van der Waals surface area contributed by atoms with Crippen LogP contribution in [0.15, 0.2) is 48.5 Å². The molecule has 1 saturated heterocycles. The topological polar surface area (TPSA) is 55.7 Å². The molecular formula is C19H24N2O2. The molecule has 1 fully saturated rings. The third-order valence-electron chi connectivity index (χ3n) is 4.32. The molecule has 1 heterocycles. The summed E-state index contributed by atoms with van der Waals surface area (Å²) in [6, 6.07) is 15.8. The summed E-state index contributed by atoms with van der Waals surface area (Å²) in [5.41, 5.74) is 3.43. The number of aromatic hydroxyl groups is 1. The second kappa shape index (κ2) is 7.49. The molecule has 3 N–H and O–H groups in total. The highest BCUT2D eigenvalue weighted by Crippen LogP contribution is 2.17. The van der Waals surface area contributed by atoms with Crippen LogP contribution < -0.4 is 5.32 Å². The number of rotatable bonds is 5. The second-order valence-corrected chi connectivity index (χ2v) is 6.23. The number of anilines is 1. The Labute approximate surface area is 137 Å². The molecule has 2 aromatic carbocycles. The van der Waals surface area contributed by atoms with E-state index in [-0.39, 0.29) is 6.10 Å². The van der Waals surface area contributed by atoms with E-state index in [1.165, 1.54) is 5.56 Å². The number of aliphatic hydroxyl groups is 1. The molecule has 2 aromatic rings. The van der Waals surface area contributed by atoms with Gasteiger partial charge in [0.05, 0.1) is 6.10 Å². The average Bonchev–Trinajstić information content (AvgIpc) is 2.56. The highest BCUT2D eigenvalue weighted by molar-refractivity contribution is 5.45. The Morgan fingerprint density at radius 2 is 1.74 bits per heavy atom. The standard InChI is InChI=1S/C19H24N2O2/c22-18-8-10-21(11-9-18)14-15-4-6-17(7-5-15)20-13-16-2-1-3-19(23)12-16/h1-7,12,18,20,22-23H,8-11,13-14H2. The Kier molecular flexibility index (Phi) is 5.16. The monoisotopic (exact) mass is 312 g/mol. The molecule has 0 aliphatic carbocycles. The van der Waals surface area contributed by atoms with Crippen LogP contribution in [0.4, 0.5) is 5.69 Å². The van der Waals surface area contributed by atoms with Crippen LogP contribution in [-0.2, 0) is 13.1 Å². The number of piperidine rings is 1. The number of phenols is 1. The summed E-state index contributed by atoms with van der Waals surface area (Å²) in [5.74, 6) is 0.297. The van der Waals surface area contributed by atoms with Crippen molar-refractivity contribution in [2.24, 2.45) is 0 Å². The number of hydrogen-bond donors (Lipinski definition) is 3. The fourth-order valence-electron chi connectivity index (χ4n) is 2.93. The van der Waals surface area contributed by atoms with Gasteiger partial charge in [0.15, 0.2) is 0 Å². The van der Waals surface area contributed by atoms with Gasteiger partial charge in [0, 0.05) is 31.9 Å². The number of aliphatic hydroxyl groups excluding tert-OH is 1. The van der Waals surface area contributed by atoms with Crippen LogP contribution in [0.5, 0.6) is 5.75 Å². The van der Waals surface area contributed by atoms with Crippen molar-refractivity contribution in [3.8, 4) is 5.75 Å². The summed E-state index contributed by atoms with van der Waals surface area (Å²) in [5, 5.41) is 22.4. The van der Waals surface area contributed by atoms with Gasteiger partial charge in [0.1, 0.15) is 5.75 Å². The maximum Gasteiger partial charge on any atom is 0.115 e. The van der Waals surface area contributed by atoms with Crippen molar-refractivity contribution in [1.82, 2.24) is 4.90 Å². The minimum atomic E-state index is -0.116. The van der Waals surface area contributed by atoms with E-state index >= 15 is 0 Å². The van der Waals surface area contributed by atoms with E-state index in [1.807, 2.05) is 12.1 Å². The van der Waals surface area contributed by atoms with E-state index in [2.05, 4.69) is 34.5 Å². The minimum absolute atomic E-state index is 0.116. The van der Waals surface area contributed by atoms with Crippen molar-refractivity contribution in [3.05, 3.63) is 59.7 Å². The smallest absolute Gasteiger partial charge is 0.115 e. The summed E-state index contributed by atoms with van der Waals surface area (Å²) >= 11 is 0. The zero-order chi connectivity index (χ0) is 16.1.